The summed E-state index contributed by atoms with van der Waals surface area (Å²) in [5.74, 6) is 1.69. The molecule has 0 aliphatic rings. The topological polar surface area (TPSA) is 76.3 Å². The summed E-state index contributed by atoms with van der Waals surface area (Å²) in [6.07, 6.45) is 1.50. The zero-order chi connectivity index (χ0) is 14.3. The van der Waals surface area contributed by atoms with Crippen molar-refractivity contribution in [1.82, 2.24) is 14.9 Å². The van der Waals surface area contributed by atoms with E-state index in [1.807, 2.05) is 0 Å². The highest BCUT2D eigenvalue weighted by Crippen LogP contribution is 2.25. The molecule has 1 heterocycles. The van der Waals surface area contributed by atoms with E-state index in [4.69, 9.17) is 10.5 Å². The molecular formula is C13H25N5O. The molecule has 19 heavy (non-hydrogen) atoms. The maximum atomic E-state index is 5.90. The van der Waals surface area contributed by atoms with E-state index in [1.54, 1.807) is 7.11 Å². The van der Waals surface area contributed by atoms with Gasteiger partial charge >= 0.3 is 0 Å². The van der Waals surface area contributed by atoms with E-state index < -0.39 is 0 Å². The quantitative estimate of drug-likeness (QED) is 0.736. The van der Waals surface area contributed by atoms with E-state index in [-0.39, 0.29) is 0 Å². The first-order valence-electron chi connectivity index (χ1n) is 6.58. The van der Waals surface area contributed by atoms with Gasteiger partial charge in [-0.15, -0.1) is 0 Å². The SMILES string of the molecule is COCCN(C)CCNc1ncnc(N)c1C(C)C. The van der Waals surface area contributed by atoms with Gasteiger partial charge in [-0.1, -0.05) is 13.8 Å². The molecule has 0 atom stereocenters. The van der Waals surface area contributed by atoms with Gasteiger partial charge in [0.25, 0.3) is 0 Å². The Morgan fingerprint density at radius 1 is 1.37 bits per heavy atom. The smallest absolute Gasteiger partial charge is 0.135 e. The summed E-state index contributed by atoms with van der Waals surface area (Å²) in [7, 11) is 3.78. The lowest BCUT2D eigenvalue weighted by molar-refractivity contribution is 0.163. The molecule has 0 spiro atoms. The molecule has 0 aliphatic heterocycles. The predicted molar refractivity (Wildman–Crippen MR) is 78.4 cm³/mol. The fourth-order valence-electron chi connectivity index (χ4n) is 1.84. The van der Waals surface area contributed by atoms with Gasteiger partial charge in [-0.3, -0.25) is 0 Å². The minimum Gasteiger partial charge on any atom is -0.383 e. The van der Waals surface area contributed by atoms with Crippen LogP contribution >= 0.6 is 0 Å². The molecule has 0 saturated heterocycles. The molecule has 0 aliphatic carbocycles. The molecule has 0 fully saturated rings. The Hall–Kier alpha value is -1.40. The third-order valence-corrected chi connectivity index (χ3v) is 2.96. The van der Waals surface area contributed by atoms with Crippen molar-refractivity contribution < 1.29 is 4.74 Å². The van der Waals surface area contributed by atoms with E-state index in [1.165, 1.54) is 6.33 Å². The van der Waals surface area contributed by atoms with Crippen molar-refractivity contribution in [2.45, 2.75) is 19.8 Å². The van der Waals surface area contributed by atoms with Crippen molar-refractivity contribution in [3.8, 4) is 0 Å². The number of likely N-dealkylation sites (N-methyl/N-ethyl adjacent to an activating group) is 1. The monoisotopic (exact) mass is 267 g/mol. The van der Waals surface area contributed by atoms with Gasteiger partial charge in [-0.25, -0.2) is 9.97 Å². The summed E-state index contributed by atoms with van der Waals surface area (Å²) in [5, 5.41) is 3.33. The number of hydrogen-bond acceptors (Lipinski definition) is 6. The summed E-state index contributed by atoms with van der Waals surface area (Å²) < 4.78 is 5.04. The Bertz CT molecular complexity index is 383. The third kappa shape index (κ3) is 5.00. The summed E-state index contributed by atoms with van der Waals surface area (Å²) in [5.41, 5.74) is 6.89. The average Bonchev–Trinajstić information content (AvgIpc) is 2.36. The van der Waals surface area contributed by atoms with Crippen LogP contribution in [0.1, 0.15) is 25.3 Å². The molecule has 108 valence electrons. The first kappa shape index (κ1) is 15.7. The molecule has 3 N–H and O–H groups in total. The van der Waals surface area contributed by atoms with Crippen LogP contribution in [-0.4, -0.2) is 55.3 Å². The second-order valence-corrected chi connectivity index (χ2v) is 4.90. The van der Waals surface area contributed by atoms with Crippen LogP contribution in [0.5, 0.6) is 0 Å². The largest absolute Gasteiger partial charge is 0.383 e. The van der Waals surface area contributed by atoms with E-state index in [9.17, 15) is 0 Å². The summed E-state index contributed by atoms with van der Waals surface area (Å²) >= 11 is 0. The number of nitrogens with two attached hydrogens (primary N) is 1. The lowest BCUT2D eigenvalue weighted by Gasteiger charge is -2.18. The van der Waals surface area contributed by atoms with E-state index in [0.717, 1.165) is 37.6 Å². The van der Waals surface area contributed by atoms with Crippen molar-refractivity contribution in [2.24, 2.45) is 0 Å². The van der Waals surface area contributed by atoms with Gasteiger partial charge in [0.15, 0.2) is 0 Å². The van der Waals surface area contributed by atoms with Crippen molar-refractivity contribution >= 4 is 11.6 Å². The predicted octanol–water partition coefficient (Wildman–Crippen LogP) is 1.17. The molecule has 6 heteroatoms. The van der Waals surface area contributed by atoms with Crippen LogP contribution in [0.25, 0.3) is 0 Å². The van der Waals surface area contributed by atoms with Crippen molar-refractivity contribution in [2.75, 3.05) is 51.4 Å². The molecular weight excluding hydrogens is 242 g/mol. The lowest BCUT2D eigenvalue weighted by Crippen LogP contribution is -2.28. The number of nitrogen functional groups attached to an aromatic ring is 1. The Morgan fingerprint density at radius 3 is 2.74 bits per heavy atom. The van der Waals surface area contributed by atoms with Gasteiger partial charge in [0.05, 0.1) is 6.61 Å². The highest BCUT2D eigenvalue weighted by molar-refractivity contribution is 5.56. The number of nitrogens with zero attached hydrogens (tertiary/aromatic N) is 3. The third-order valence-electron chi connectivity index (χ3n) is 2.96. The van der Waals surface area contributed by atoms with Crippen molar-refractivity contribution in [3.05, 3.63) is 11.9 Å². The van der Waals surface area contributed by atoms with Crippen LogP contribution in [0.4, 0.5) is 11.6 Å². The number of aromatic nitrogens is 2. The Morgan fingerprint density at radius 2 is 2.11 bits per heavy atom. The van der Waals surface area contributed by atoms with Crippen LogP contribution in [-0.2, 0) is 4.74 Å². The lowest BCUT2D eigenvalue weighted by atomic mass is 10.0. The molecule has 0 unspecified atom stereocenters. The number of hydrogen-bond donors (Lipinski definition) is 2. The van der Waals surface area contributed by atoms with Gasteiger partial charge in [0.1, 0.15) is 18.0 Å². The molecule has 1 rings (SSSR count). The van der Waals surface area contributed by atoms with Crippen LogP contribution in [0.15, 0.2) is 6.33 Å². The summed E-state index contributed by atoms with van der Waals surface area (Å²) in [6.45, 7) is 7.58. The Balaban J connectivity index is 2.51. The molecule has 6 nitrogen and oxygen atoms in total. The zero-order valence-corrected chi connectivity index (χ0v) is 12.3. The maximum absolute atomic E-state index is 5.90. The molecule has 0 bridgehead atoms. The van der Waals surface area contributed by atoms with Gasteiger partial charge in [0.2, 0.25) is 0 Å². The normalized spacial score (nSPS) is 11.3. The first-order chi connectivity index (χ1) is 9.06. The standard InChI is InChI=1S/C13H25N5O/c1-10(2)11-12(14)16-9-17-13(11)15-5-6-18(3)7-8-19-4/h9-10H,5-8H2,1-4H3,(H3,14,15,16,17). The van der Waals surface area contributed by atoms with Crippen LogP contribution < -0.4 is 11.1 Å². The fourth-order valence-corrected chi connectivity index (χ4v) is 1.84. The molecule has 0 radical (unpaired) electrons. The van der Waals surface area contributed by atoms with Crippen LogP contribution in [0.3, 0.4) is 0 Å². The Labute approximate surface area is 115 Å². The van der Waals surface area contributed by atoms with Gasteiger partial charge in [0, 0.05) is 32.3 Å². The van der Waals surface area contributed by atoms with Crippen LogP contribution in [0.2, 0.25) is 0 Å². The number of methoxy groups -OCH3 is 1. The molecule has 1 aromatic rings. The van der Waals surface area contributed by atoms with Gasteiger partial charge in [-0.05, 0) is 13.0 Å². The molecule has 0 aromatic carbocycles. The minimum absolute atomic E-state index is 0.301. The highest BCUT2D eigenvalue weighted by atomic mass is 16.5. The Kier molecular flexibility index (Phi) is 6.52. The summed E-state index contributed by atoms with van der Waals surface area (Å²) in [6, 6.07) is 0. The molecule has 0 saturated carbocycles. The van der Waals surface area contributed by atoms with E-state index >= 15 is 0 Å². The fraction of sp³-hybridized carbons (Fsp3) is 0.692. The molecule has 1 aromatic heterocycles. The number of anilines is 2. The number of nitrogens with one attached hydrogen (secondary N) is 1. The number of ether oxygens (including phenoxy) is 1. The number of rotatable bonds is 8. The summed E-state index contributed by atoms with van der Waals surface area (Å²) in [4.78, 5) is 10.5. The van der Waals surface area contributed by atoms with E-state index in [0.29, 0.717) is 11.7 Å². The van der Waals surface area contributed by atoms with Crippen molar-refractivity contribution in [1.29, 1.82) is 0 Å². The second kappa shape index (κ2) is 7.91. The van der Waals surface area contributed by atoms with Crippen LogP contribution in [0, 0.1) is 0 Å². The van der Waals surface area contributed by atoms with Gasteiger partial charge in [-0.2, -0.15) is 0 Å². The maximum Gasteiger partial charge on any atom is 0.135 e. The first-order valence-corrected chi connectivity index (χ1v) is 6.58. The van der Waals surface area contributed by atoms with Gasteiger partial charge < -0.3 is 20.7 Å². The zero-order valence-electron chi connectivity index (χ0n) is 12.3. The average molecular weight is 267 g/mol. The second-order valence-electron chi connectivity index (χ2n) is 4.90. The highest BCUT2D eigenvalue weighted by Gasteiger charge is 2.12. The minimum atomic E-state index is 0.301. The van der Waals surface area contributed by atoms with Crippen molar-refractivity contribution in [3.63, 3.8) is 0 Å². The van der Waals surface area contributed by atoms with E-state index in [2.05, 4.69) is 41.1 Å². The molecule has 0 amide bonds.